The Balaban J connectivity index is 2.02. The topological polar surface area (TPSA) is 54.4 Å². The summed E-state index contributed by atoms with van der Waals surface area (Å²) in [5, 5.41) is 9.04. The molecule has 3 nitrogen and oxygen atoms in total. The highest BCUT2D eigenvalue weighted by molar-refractivity contribution is 7.84. The number of benzene rings is 2. The van der Waals surface area contributed by atoms with Gasteiger partial charge in [0.05, 0.1) is 6.42 Å². The molecule has 0 fully saturated rings. The molecule has 2 aromatic carbocycles. The van der Waals surface area contributed by atoms with E-state index in [0.29, 0.717) is 11.1 Å². The highest BCUT2D eigenvalue weighted by atomic mass is 32.2. The van der Waals surface area contributed by atoms with Gasteiger partial charge in [0.2, 0.25) is 0 Å². The van der Waals surface area contributed by atoms with Gasteiger partial charge < -0.3 is 5.11 Å². The third-order valence-electron chi connectivity index (χ3n) is 3.84. The molecular weight excluding hydrogens is 327 g/mol. The second-order valence-corrected chi connectivity index (χ2v) is 6.93. The number of fused-ring (bicyclic) bond motifs is 1. The SMILES string of the molecule is CS(=O)c1ccc(C=C2C=C(CC(=O)O)c3cc(F)ccc32)cc1. The molecule has 1 aliphatic rings. The van der Waals surface area contributed by atoms with E-state index < -0.39 is 16.8 Å². The zero-order valence-corrected chi connectivity index (χ0v) is 13.8. The highest BCUT2D eigenvalue weighted by Gasteiger charge is 2.20. The lowest BCUT2D eigenvalue weighted by molar-refractivity contribution is -0.135. The molecule has 0 aliphatic heterocycles. The van der Waals surface area contributed by atoms with Gasteiger partial charge in [-0.25, -0.2) is 4.39 Å². The van der Waals surface area contributed by atoms with Gasteiger partial charge in [-0.2, -0.15) is 0 Å². The molecule has 0 bridgehead atoms. The summed E-state index contributed by atoms with van der Waals surface area (Å²) in [5.74, 6) is -1.34. The summed E-state index contributed by atoms with van der Waals surface area (Å²) in [6.07, 6.45) is 5.16. The number of halogens is 1. The fraction of sp³-hybridized carbons (Fsp3) is 0.105. The monoisotopic (exact) mass is 342 g/mol. The fourth-order valence-electron chi connectivity index (χ4n) is 2.74. The first kappa shape index (κ1) is 16.3. The number of rotatable bonds is 4. The van der Waals surface area contributed by atoms with Crippen molar-refractivity contribution in [2.45, 2.75) is 11.3 Å². The van der Waals surface area contributed by atoms with Crippen LogP contribution in [-0.2, 0) is 15.6 Å². The number of allylic oxidation sites excluding steroid dienone is 2. The van der Waals surface area contributed by atoms with Crippen molar-refractivity contribution in [2.75, 3.05) is 6.26 Å². The van der Waals surface area contributed by atoms with Gasteiger partial charge >= 0.3 is 5.97 Å². The Bertz CT molecular complexity index is 895. The lowest BCUT2D eigenvalue weighted by Gasteiger charge is -2.04. The average Bonchev–Trinajstić information content (AvgIpc) is 2.84. The predicted octanol–water partition coefficient (Wildman–Crippen LogP) is 3.98. The van der Waals surface area contributed by atoms with Gasteiger partial charge in [0.25, 0.3) is 0 Å². The van der Waals surface area contributed by atoms with E-state index in [0.717, 1.165) is 21.6 Å². The molecule has 1 aliphatic carbocycles. The third-order valence-corrected chi connectivity index (χ3v) is 4.78. The molecular formula is C19H15FO3S. The summed E-state index contributed by atoms with van der Waals surface area (Å²) in [5.41, 5.74) is 3.77. The average molecular weight is 342 g/mol. The summed E-state index contributed by atoms with van der Waals surface area (Å²) < 4.78 is 25.0. The Kier molecular flexibility index (Phi) is 4.44. The van der Waals surface area contributed by atoms with Gasteiger partial charge in [-0.05, 0) is 64.3 Å². The molecule has 1 unspecified atom stereocenters. The molecule has 0 saturated heterocycles. The van der Waals surface area contributed by atoms with Gasteiger partial charge in [0.15, 0.2) is 0 Å². The first-order valence-electron chi connectivity index (χ1n) is 7.32. The van der Waals surface area contributed by atoms with Crippen LogP contribution >= 0.6 is 0 Å². The van der Waals surface area contributed by atoms with E-state index in [2.05, 4.69) is 0 Å². The Morgan fingerprint density at radius 2 is 1.88 bits per heavy atom. The second kappa shape index (κ2) is 6.53. The van der Waals surface area contributed by atoms with E-state index in [1.54, 1.807) is 30.5 Å². The van der Waals surface area contributed by atoms with E-state index in [4.69, 9.17) is 5.11 Å². The Morgan fingerprint density at radius 3 is 2.50 bits per heavy atom. The largest absolute Gasteiger partial charge is 0.481 e. The molecule has 24 heavy (non-hydrogen) atoms. The maximum atomic E-state index is 13.5. The molecule has 2 aromatic rings. The molecule has 1 atom stereocenters. The van der Waals surface area contributed by atoms with Crippen molar-refractivity contribution in [1.82, 2.24) is 0 Å². The molecule has 0 heterocycles. The summed E-state index contributed by atoms with van der Waals surface area (Å²) >= 11 is 0. The van der Waals surface area contributed by atoms with Crippen molar-refractivity contribution in [3.05, 3.63) is 71.0 Å². The summed E-state index contributed by atoms with van der Waals surface area (Å²) in [6, 6.07) is 11.7. The minimum Gasteiger partial charge on any atom is -0.481 e. The van der Waals surface area contributed by atoms with Gasteiger partial charge in [-0.1, -0.05) is 18.2 Å². The van der Waals surface area contributed by atoms with Crippen LogP contribution in [0.4, 0.5) is 4.39 Å². The molecule has 122 valence electrons. The molecule has 0 saturated carbocycles. The van der Waals surface area contributed by atoms with E-state index in [1.807, 2.05) is 18.2 Å². The van der Waals surface area contributed by atoms with Crippen LogP contribution in [0, 0.1) is 5.82 Å². The quantitative estimate of drug-likeness (QED) is 0.914. The zero-order valence-electron chi connectivity index (χ0n) is 13.0. The van der Waals surface area contributed by atoms with Gasteiger partial charge in [0, 0.05) is 22.0 Å². The Hall–Kier alpha value is -2.53. The Labute approximate surface area is 141 Å². The highest BCUT2D eigenvalue weighted by Crippen LogP contribution is 2.38. The molecule has 3 rings (SSSR count). The summed E-state index contributed by atoms with van der Waals surface area (Å²) in [7, 11) is -1.03. The maximum absolute atomic E-state index is 13.5. The van der Waals surface area contributed by atoms with E-state index in [-0.39, 0.29) is 12.2 Å². The minimum absolute atomic E-state index is 0.151. The summed E-state index contributed by atoms with van der Waals surface area (Å²) in [6.45, 7) is 0. The maximum Gasteiger partial charge on any atom is 0.307 e. The number of carboxylic acids is 1. The Morgan fingerprint density at radius 1 is 1.17 bits per heavy atom. The third kappa shape index (κ3) is 3.36. The van der Waals surface area contributed by atoms with Crippen LogP contribution in [0.5, 0.6) is 0 Å². The lowest BCUT2D eigenvalue weighted by atomic mass is 10.0. The van der Waals surface area contributed by atoms with Gasteiger partial charge in [0.1, 0.15) is 5.82 Å². The van der Waals surface area contributed by atoms with Crippen LogP contribution in [0.1, 0.15) is 23.1 Å². The molecule has 0 amide bonds. The smallest absolute Gasteiger partial charge is 0.307 e. The van der Waals surface area contributed by atoms with Gasteiger partial charge in [-0.3, -0.25) is 9.00 Å². The van der Waals surface area contributed by atoms with Crippen molar-refractivity contribution in [3.63, 3.8) is 0 Å². The molecule has 0 spiro atoms. The lowest BCUT2D eigenvalue weighted by Crippen LogP contribution is -1.96. The number of aliphatic carboxylic acids is 1. The van der Waals surface area contributed by atoms with Crippen LogP contribution in [0.2, 0.25) is 0 Å². The van der Waals surface area contributed by atoms with Crippen LogP contribution in [0.25, 0.3) is 17.2 Å². The first-order valence-corrected chi connectivity index (χ1v) is 8.88. The predicted molar refractivity (Wildman–Crippen MR) is 93.3 cm³/mol. The van der Waals surface area contributed by atoms with Crippen LogP contribution in [0.15, 0.2) is 53.4 Å². The van der Waals surface area contributed by atoms with Crippen molar-refractivity contribution in [3.8, 4) is 0 Å². The number of hydrogen-bond donors (Lipinski definition) is 1. The zero-order chi connectivity index (χ0) is 17.3. The summed E-state index contributed by atoms with van der Waals surface area (Å²) in [4.78, 5) is 11.8. The van der Waals surface area contributed by atoms with Crippen molar-refractivity contribution < 1.29 is 18.5 Å². The van der Waals surface area contributed by atoms with Gasteiger partial charge in [-0.15, -0.1) is 0 Å². The van der Waals surface area contributed by atoms with Crippen molar-refractivity contribution in [2.24, 2.45) is 0 Å². The number of carbonyl (C=O) groups is 1. The minimum atomic E-state index is -1.03. The first-order chi connectivity index (χ1) is 11.4. The second-order valence-electron chi connectivity index (χ2n) is 5.55. The van der Waals surface area contributed by atoms with Crippen LogP contribution < -0.4 is 0 Å². The molecule has 0 aromatic heterocycles. The van der Waals surface area contributed by atoms with Crippen LogP contribution in [0.3, 0.4) is 0 Å². The molecule has 1 N–H and O–H groups in total. The van der Waals surface area contributed by atoms with E-state index in [9.17, 15) is 13.4 Å². The number of hydrogen-bond acceptors (Lipinski definition) is 2. The molecule has 5 heteroatoms. The van der Waals surface area contributed by atoms with Crippen molar-refractivity contribution in [1.29, 1.82) is 0 Å². The molecule has 0 radical (unpaired) electrons. The van der Waals surface area contributed by atoms with E-state index >= 15 is 0 Å². The number of carboxylic acid groups (broad SMARTS) is 1. The fourth-order valence-corrected chi connectivity index (χ4v) is 3.26. The van der Waals surface area contributed by atoms with Crippen molar-refractivity contribution >= 4 is 34.0 Å². The van der Waals surface area contributed by atoms with E-state index in [1.165, 1.54) is 12.1 Å². The standard InChI is InChI=1S/C19H15FO3S/c1-24(23)16-5-2-12(3-6-16)8-13-9-14(10-19(21)22)18-11-15(20)4-7-17(13)18/h2-9,11H,10H2,1H3,(H,21,22). The van der Waals surface area contributed by atoms with Crippen LogP contribution in [-0.4, -0.2) is 21.5 Å². The normalized spacial score (nSPS) is 15.9.